The van der Waals surface area contributed by atoms with Gasteiger partial charge >= 0.3 is 6.09 Å². The summed E-state index contributed by atoms with van der Waals surface area (Å²) in [6.45, 7) is 11.3. The van der Waals surface area contributed by atoms with Gasteiger partial charge < -0.3 is 97.1 Å². The van der Waals surface area contributed by atoms with Crippen LogP contribution in [0.1, 0.15) is 134 Å². The third-order valence-corrected chi connectivity index (χ3v) is 21.8. The van der Waals surface area contributed by atoms with Crippen LogP contribution in [0.3, 0.4) is 0 Å². The molecule has 672 valence electrons. The Balaban J connectivity index is 1.02. The molecule has 0 aliphatic carbocycles. The minimum atomic E-state index is -4.86. The number of aromatic hydroxyl groups is 1. The van der Waals surface area contributed by atoms with Gasteiger partial charge in [0.2, 0.25) is 76.8 Å². The van der Waals surface area contributed by atoms with Crippen molar-refractivity contribution >= 4 is 132 Å². The number of pyridine rings is 2. The van der Waals surface area contributed by atoms with Crippen molar-refractivity contribution in [3.63, 3.8) is 0 Å². The number of ether oxygens (including phenoxy) is 2. The number of hydrogen-bond acceptors (Lipinski definition) is 23. The van der Waals surface area contributed by atoms with E-state index in [0.29, 0.717) is 53.1 Å². The number of para-hydroxylation sites is 2. The van der Waals surface area contributed by atoms with Crippen molar-refractivity contribution in [3.8, 4) is 11.5 Å². The number of nitrogens with zero attached hydrogens (tertiary/aromatic N) is 8. The van der Waals surface area contributed by atoms with Crippen molar-refractivity contribution in [2.75, 3.05) is 91.6 Å². The summed E-state index contributed by atoms with van der Waals surface area (Å²) >= 11 is 0. The Labute approximate surface area is 717 Å². The highest BCUT2D eigenvalue weighted by molar-refractivity contribution is 7.85. The van der Waals surface area contributed by atoms with Crippen LogP contribution in [-0.4, -0.2) is 298 Å². The first kappa shape index (κ1) is 96.8. The van der Waals surface area contributed by atoms with Crippen LogP contribution in [0.25, 0.3) is 21.8 Å². The second-order valence-electron chi connectivity index (χ2n) is 32.9. The minimum Gasteiger partial charge on any atom is -0.505 e. The molecule has 3 aliphatic rings. The fourth-order valence-electron chi connectivity index (χ4n) is 14.3. The van der Waals surface area contributed by atoms with Gasteiger partial charge in [0.05, 0.1) is 37.2 Å². The maximum absolute atomic E-state index is 15.4. The van der Waals surface area contributed by atoms with Crippen LogP contribution in [-0.2, 0) is 83.8 Å². The van der Waals surface area contributed by atoms with Crippen molar-refractivity contribution in [2.24, 2.45) is 17.8 Å². The monoisotopic (exact) mass is 1740 g/mol. The Morgan fingerprint density at radius 2 is 1.02 bits per heavy atom. The molecule has 0 unspecified atom stereocenters. The zero-order valence-corrected chi connectivity index (χ0v) is 72.7. The lowest BCUT2D eigenvalue weighted by Gasteiger charge is -2.37. The molecule has 9 atom stereocenters. The smallest absolute Gasteiger partial charge is 0.408 e. The van der Waals surface area contributed by atoms with E-state index in [4.69, 9.17) is 9.47 Å². The van der Waals surface area contributed by atoms with Gasteiger partial charge in [0.15, 0.2) is 17.1 Å². The van der Waals surface area contributed by atoms with E-state index in [2.05, 4.69) is 63.1 Å². The Hall–Kier alpha value is -12.7. The molecule has 0 radical (unpaired) electrons. The normalized spacial score (nSPS) is 20.6. The quantitative estimate of drug-likeness (QED) is 0.0499. The molecular weight excluding hydrogens is 1630 g/mol. The molecule has 8 rings (SSSR count). The first-order valence-corrected chi connectivity index (χ1v) is 42.3. The maximum atomic E-state index is 15.4. The molecule has 12 N–H and O–H groups in total. The molecule has 3 saturated heterocycles. The van der Waals surface area contributed by atoms with Crippen molar-refractivity contribution in [1.29, 1.82) is 0 Å². The van der Waals surface area contributed by atoms with Crippen molar-refractivity contribution < 1.29 is 104 Å². The van der Waals surface area contributed by atoms with E-state index in [-0.39, 0.29) is 49.7 Å². The van der Waals surface area contributed by atoms with Gasteiger partial charge in [-0.25, -0.2) is 14.8 Å². The topological polar surface area (TPSA) is 532 Å². The lowest BCUT2D eigenvalue weighted by atomic mass is 9.99. The number of anilines is 1. The number of carbonyl (C=O) groups is 16. The van der Waals surface area contributed by atoms with E-state index < -0.39 is 239 Å². The molecule has 2 aromatic heterocycles. The van der Waals surface area contributed by atoms with Crippen LogP contribution in [0, 0.1) is 17.8 Å². The first-order chi connectivity index (χ1) is 58.3. The Bertz CT molecular complexity index is 4970. The Morgan fingerprint density at radius 1 is 0.556 bits per heavy atom. The number of aromatic nitrogens is 2. The van der Waals surface area contributed by atoms with Crippen LogP contribution in [0.2, 0.25) is 0 Å². The van der Waals surface area contributed by atoms with Crippen LogP contribution in [0.5, 0.6) is 11.5 Å². The van der Waals surface area contributed by atoms with Crippen molar-refractivity contribution in [3.05, 3.63) is 102 Å². The number of benzene rings is 3. The molecular formula is C83H112N18O22S. The molecule has 3 fully saturated rings. The van der Waals surface area contributed by atoms with Crippen LogP contribution in [0.15, 0.2) is 84.9 Å². The van der Waals surface area contributed by atoms with Crippen LogP contribution in [0.4, 0.5) is 10.5 Å². The molecule has 3 aromatic carbocycles. The summed E-state index contributed by atoms with van der Waals surface area (Å²) < 4.78 is 44.8. The number of amides is 16. The standard InChI is InChI=1S/C83H112N18O22S/c1-45(2)66(95-72(108)57(44-124(119,120)121)94-82(118)123-83(8,9)10)75(111)88-48(7)71(107)89-52-31-29-49(30-32-52)43-122-61-36-51-24-16-18-26-54(51)91-68(61)77(113)93-56-38-85-79(115)70(47(5)6)99(14)65(106)42-97(12)62(103)39-86-73(109)58-27-19-21-33-100(58)80(116)55(92-76(112)67-60(102)35-50-23-15-17-25-53(50)90-67)37-84-78(114)69(46(3)4)98(13)64(105)41-96(11)63(104)40-87-74(110)59-28-20-22-34-101(59)81(56)117/h15-18,23-26,29-32,35-36,45-48,55-59,66,69-70,102H,19-22,27-28,33-34,37-44H2,1-14H3,(H,84,114)(H,85,115)(H,86,109)(H,87,110)(H,88,111)(H,89,107)(H,92,112)(H,93,113)(H,94,118)(H,95,108)(H,119,120,121)/t48-,55+,56+,57-,58-,59-,66-,69-,70-/m0/s1. The number of alkyl carbamates (subject to hydrolysis) is 1. The average molecular weight is 1750 g/mol. The predicted octanol–water partition coefficient (Wildman–Crippen LogP) is 0.453. The molecule has 0 bridgehead atoms. The summed E-state index contributed by atoms with van der Waals surface area (Å²) in [4.78, 5) is 243. The van der Waals surface area contributed by atoms with E-state index in [0.717, 1.165) is 19.6 Å². The third kappa shape index (κ3) is 26.4. The summed E-state index contributed by atoms with van der Waals surface area (Å²) in [6, 6.07) is 9.29. The Kier molecular flexibility index (Phi) is 33.5. The zero-order chi connectivity index (χ0) is 91.5. The van der Waals surface area contributed by atoms with E-state index in [1.165, 1.54) is 90.0 Å². The number of nitrogens with one attached hydrogen (secondary N) is 10. The summed E-state index contributed by atoms with van der Waals surface area (Å²) in [7, 11) is 0.341. The van der Waals surface area contributed by atoms with E-state index in [9.17, 15) is 85.2 Å². The number of carbonyl (C=O) groups excluding carboxylic acids is 16. The second-order valence-corrected chi connectivity index (χ2v) is 34.4. The van der Waals surface area contributed by atoms with Gasteiger partial charge in [-0.3, -0.25) is 76.5 Å². The Morgan fingerprint density at radius 3 is 1.48 bits per heavy atom. The highest BCUT2D eigenvalue weighted by Crippen LogP contribution is 2.28. The summed E-state index contributed by atoms with van der Waals surface area (Å²) in [5.41, 5.74) is -0.514. The predicted molar refractivity (Wildman–Crippen MR) is 450 cm³/mol. The summed E-state index contributed by atoms with van der Waals surface area (Å²) in [5, 5.41) is 37.6. The SMILES string of the molecule is CC(C)[C@H](NC(=O)[C@H](CS(=O)(=O)O)NC(=O)OC(C)(C)C)C(=O)N[C@@H](C)C(=O)Nc1ccc(COc2cc3ccccc3nc2C(=O)N[C@@H]2CNC(=O)[C@H](C(C)C)N(C)C(=O)CN(C)C(=O)CNC(=O)[C@@H]3CCCCN3C(=O)[C@H](NC(=O)c3nc4ccccc4cc3O)CNC(=O)[C@H](C(C)C)N(C)C(=O)CN(C)C(=O)CNC(=O)[C@@H]3CCCCN3C2=O)cc1. The average Bonchev–Trinajstić information content (AvgIpc) is 0.797. The summed E-state index contributed by atoms with van der Waals surface area (Å²) in [6.07, 6.45) is 0.563. The van der Waals surface area contributed by atoms with Gasteiger partial charge in [-0.15, -0.1) is 0 Å². The fourth-order valence-corrected chi connectivity index (χ4v) is 15.0. The van der Waals surface area contributed by atoms with Crippen molar-refractivity contribution in [1.82, 2.24) is 87.2 Å². The third-order valence-electron chi connectivity index (χ3n) is 21.0. The second kappa shape index (κ2) is 42.9. The molecule has 41 heteroatoms. The number of fused-ring (bicyclic) bond motifs is 4. The molecule has 40 nitrogen and oxygen atoms in total. The van der Waals surface area contributed by atoms with Gasteiger partial charge in [-0.2, -0.15) is 8.42 Å². The molecule has 3 aliphatic heterocycles. The number of likely N-dealkylation sites (N-methyl/N-ethyl adjacent to an activating group) is 4. The fraction of sp³-hybridized carbons (Fsp3) is 0.518. The van der Waals surface area contributed by atoms with Gasteiger partial charge in [0.1, 0.15) is 78.1 Å². The van der Waals surface area contributed by atoms with Gasteiger partial charge in [-0.1, -0.05) is 90.1 Å². The number of rotatable bonds is 19. The molecule has 5 aromatic rings. The van der Waals surface area contributed by atoms with Gasteiger partial charge in [-0.05, 0) is 126 Å². The number of hydrogen-bond donors (Lipinski definition) is 12. The van der Waals surface area contributed by atoms with Crippen molar-refractivity contribution in [2.45, 2.75) is 174 Å². The molecule has 5 heterocycles. The zero-order valence-electron chi connectivity index (χ0n) is 71.9. The minimum absolute atomic E-state index is 0.0268. The van der Waals surface area contributed by atoms with Crippen LogP contribution < -0.4 is 57.9 Å². The van der Waals surface area contributed by atoms with E-state index in [1.54, 1.807) is 102 Å². The summed E-state index contributed by atoms with van der Waals surface area (Å²) in [5.74, 6) is -16.6. The highest BCUT2D eigenvalue weighted by Gasteiger charge is 2.43. The van der Waals surface area contributed by atoms with Gasteiger partial charge in [0, 0.05) is 70.8 Å². The molecule has 16 amide bonds. The largest absolute Gasteiger partial charge is 0.505 e. The van der Waals surface area contributed by atoms with E-state index >= 15 is 9.59 Å². The molecule has 0 saturated carbocycles. The maximum Gasteiger partial charge on any atom is 0.408 e. The van der Waals surface area contributed by atoms with Gasteiger partial charge in [0.25, 0.3) is 21.9 Å². The molecule has 124 heavy (non-hydrogen) atoms. The van der Waals surface area contributed by atoms with Crippen LogP contribution >= 0.6 is 0 Å². The lowest BCUT2D eigenvalue weighted by molar-refractivity contribution is -0.146. The molecule has 0 spiro atoms. The number of piperidine rings is 2. The first-order valence-electron chi connectivity index (χ1n) is 40.7. The van der Waals surface area contributed by atoms with E-state index in [1.807, 2.05) is 0 Å². The lowest BCUT2D eigenvalue weighted by Crippen LogP contribution is -2.61. The highest BCUT2D eigenvalue weighted by atomic mass is 32.2.